The summed E-state index contributed by atoms with van der Waals surface area (Å²) >= 11 is 0. The van der Waals surface area contributed by atoms with E-state index < -0.39 is 0 Å². The van der Waals surface area contributed by atoms with Gasteiger partial charge in [-0.3, -0.25) is 4.90 Å². The molecule has 3 heterocycles. The van der Waals surface area contributed by atoms with Crippen molar-refractivity contribution < 1.29 is 0 Å². The molecule has 21 heavy (non-hydrogen) atoms. The Morgan fingerprint density at radius 2 is 1.76 bits per heavy atom. The van der Waals surface area contributed by atoms with E-state index in [9.17, 15) is 0 Å². The number of piperazine rings is 1. The van der Waals surface area contributed by atoms with Crippen LogP contribution in [-0.2, 0) is 0 Å². The molecule has 0 aromatic carbocycles. The third-order valence-corrected chi connectivity index (χ3v) is 4.88. The lowest BCUT2D eigenvalue weighted by Gasteiger charge is -2.40. The molecule has 4 nitrogen and oxygen atoms in total. The number of pyridine rings is 1. The van der Waals surface area contributed by atoms with E-state index in [0.29, 0.717) is 6.04 Å². The van der Waals surface area contributed by atoms with E-state index in [2.05, 4.69) is 38.7 Å². The maximum atomic E-state index is 4.47. The molecule has 4 heteroatoms. The molecular formula is C17H28N4. The average Bonchev–Trinajstić information content (AvgIpc) is 2.57. The van der Waals surface area contributed by atoms with Crippen LogP contribution in [0, 0.1) is 0 Å². The molecule has 2 saturated heterocycles. The lowest BCUT2D eigenvalue weighted by Crippen LogP contribution is -2.53. The first-order chi connectivity index (χ1) is 10.3. The van der Waals surface area contributed by atoms with Crippen LogP contribution in [0.3, 0.4) is 0 Å². The predicted molar refractivity (Wildman–Crippen MR) is 87.8 cm³/mol. The van der Waals surface area contributed by atoms with Crippen molar-refractivity contribution >= 4 is 5.82 Å². The van der Waals surface area contributed by atoms with Crippen LogP contribution in [0.4, 0.5) is 5.82 Å². The van der Waals surface area contributed by atoms with E-state index in [-0.39, 0.29) is 0 Å². The van der Waals surface area contributed by atoms with E-state index in [1.54, 1.807) is 0 Å². The third kappa shape index (κ3) is 3.95. The number of rotatable bonds is 4. The largest absolute Gasteiger partial charge is 0.354 e. The van der Waals surface area contributed by atoms with Crippen LogP contribution < -0.4 is 4.90 Å². The second-order valence-corrected chi connectivity index (χ2v) is 6.42. The van der Waals surface area contributed by atoms with Gasteiger partial charge in [0.05, 0.1) is 0 Å². The Morgan fingerprint density at radius 1 is 1.00 bits per heavy atom. The summed E-state index contributed by atoms with van der Waals surface area (Å²) < 4.78 is 0. The van der Waals surface area contributed by atoms with E-state index in [1.165, 1.54) is 38.9 Å². The Balaban J connectivity index is 1.46. The molecule has 1 atom stereocenters. The first-order valence-corrected chi connectivity index (χ1v) is 8.45. The zero-order valence-corrected chi connectivity index (χ0v) is 13.2. The molecule has 0 bridgehead atoms. The SMILES string of the molecule is CC(CN1CCCCC1)N1CCN(c2ccccn2)CC1. The van der Waals surface area contributed by atoms with E-state index >= 15 is 0 Å². The highest BCUT2D eigenvalue weighted by Crippen LogP contribution is 2.15. The Labute approximate surface area is 128 Å². The topological polar surface area (TPSA) is 22.6 Å². The Bertz CT molecular complexity index is 408. The maximum absolute atomic E-state index is 4.47. The number of hydrogen-bond acceptors (Lipinski definition) is 4. The highest BCUT2D eigenvalue weighted by atomic mass is 15.3. The van der Waals surface area contributed by atoms with Gasteiger partial charge in [0, 0.05) is 45.0 Å². The second-order valence-electron chi connectivity index (χ2n) is 6.42. The Hall–Kier alpha value is -1.13. The molecule has 116 valence electrons. The van der Waals surface area contributed by atoms with Crippen LogP contribution in [0.1, 0.15) is 26.2 Å². The summed E-state index contributed by atoms with van der Waals surface area (Å²) in [4.78, 5) is 12.2. The normalized spacial score (nSPS) is 23.2. The molecule has 3 rings (SSSR count). The Kier molecular flexibility index (Phi) is 5.09. The van der Waals surface area contributed by atoms with Gasteiger partial charge in [-0.2, -0.15) is 0 Å². The van der Waals surface area contributed by atoms with Crippen molar-refractivity contribution in [2.24, 2.45) is 0 Å². The van der Waals surface area contributed by atoms with Gasteiger partial charge in [0.1, 0.15) is 5.82 Å². The number of likely N-dealkylation sites (tertiary alicyclic amines) is 1. The lowest BCUT2D eigenvalue weighted by atomic mass is 10.1. The lowest BCUT2D eigenvalue weighted by molar-refractivity contribution is 0.129. The van der Waals surface area contributed by atoms with Crippen molar-refractivity contribution in [2.75, 3.05) is 50.7 Å². The zero-order valence-electron chi connectivity index (χ0n) is 13.2. The maximum Gasteiger partial charge on any atom is 0.128 e. The van der Waals surface area contributed by atoms with E-state index in [0.717, 1.165) is 32.0 Å². The fraction of sp³-hybridized carbons (Fsp3) is 0.706. The van der Waals surface area contributed by atoms with Crippen LogP contribution in [0.5, 0.6) is 0 Å². The summed E-state index contributed by atoms with van der Waals surface area (Å²) in [7, 11) is 0. The van der Waals surface area contributed by atoms with Gasteiger partial charge in [0.25, 0.3) is 0 Å². The predicted octanol–water partition coefficient (Wildman–Crippen LogP) is 2.08. The molecule has 2 fully saturated rings. The molecule has 0 N–H and O–H groups in total. The van der Waals surface area contributed by atoms with Gasteiger partial charge in [-0.25, -0.2) is 4.98 Å². The number of hydrogen-bond donors (Lipinski definition) is 0. The number of nitrogens with zero attached hydrogens (tertiary/aromatic N) is 4. The van der Waals surface area contributed by atoms with Crippen molar-refractivity contribution in [2.45, 2.75) is 32.2 Å². The van der Waals surface area contributed by atoms with Crippen LogP contribution in [0.2, 0.25) is 0 Å². The number of anilines is 1. The van der Waals surface area contributed by atoms with Crippen LogP contribution >= 0.6 is 0 Å². The van der Waals surface area contributed by atoms with Gasteiger partial charge in [-0.05, 0) is 45.0 Å². The van der Waals surface area contributed by atoms with E-state index in [4.69, 9.17) is 0 Å². The number of piperidine rings is 1. The standard InChI is InChI=1S/C17H28N4/c1-16(15-19-9-5-2-6-10-19)20-11-13-21(14-12-20)17-7-3-4-8-18-17/h3-4,7-8,16H,2,5-6,9-15H2,1H3. The highest BCUT2D eigenvalue weighted by Gasteiger charge is 2.23. The minimum Gasteiger partial charge on any atom is -0.354 e. The van der Waals surface area contributed by atoms with Gasteiger partial charge in [-0.1, -0.05) is 12.5 Å². The van der Waals surface area contributed by atoms with Crippen molar-refractivity contribution in [3.8, 4) is 0 Å². The monoisotopic (exact) mass is 288 g/mol. The molecule has 2 aliphatic rings. The minimum atomic E-state index is 0.675. The molecular weight excluding hydrogens is 260 g/mol. The molecule has 0 aliphatic carbocycles. The van der Waals surface area contributed by atoms with Crippen molar-refractivity contribution in [3.05, 3.63) is 24.4 Å². The first-order valence-electron chi connectivity index (χ1n) is 8.45. The van der Waals surface area contributed by atoms with Gasteiger partial charge < -0.3 is 9.80 Å². The molecule has 0 amide bonds. The molecule has 1 unspecified atom stereocenters. The third-order valence-electron chi connectivity index (χ3n) is 4.88. The van der Waals surface area contributed by atoms with Gasteiger partial charge in [0.2, 0.25) is 0 Å². The average molecular weight is 288 g/mol. The van der Waals surface area contributed by atoms with Crippen LogP contribution in [-0.4, -0.2) is 66.6 Å². The summed E-state index contributed by atoms with van der Waals surface area (Å²) in [6, 6.07) is 6.86. The van der Waals surface area contributed by atoms with E-state index in [1.807, 2.05) is 12.3 Å². The summed E-state index contributed by atoms with van der Waals surface area (Å²) in [5.41, 5.74) is 0. The minimum absolute atomic E-state index is 0.675. The van der Waals surface area contributed by atoms with Crippen LogP contribution in [0.25, 0.3) is 0 Å². The quantitative estimate of drug-likeness (QED) is 0.846. The Morgan fingerprint density at radius 3 is 2.43 bits per heavy atom. The smallest absolute Gasteiger partial charge is 0.128 e. The summed E-state index contributed by atoms with van der Waals surface area (Å²) in [6.07, 6.45) is 6.09. The molecule has 0 spiro atoms. The molecule has 2 aliphatic heterocycles. The first kappa shape index (κ1) is 14.8. The molecule has 1 aromatic rings. The summed E-state index contributed by atoms with van der Waals surface area (Å²) in [5.74, 6) is 1.13. The van der Waals surface area contributed by atoms with Crippen molar-refractivity contribution in [3.63, 3.8) is 0 Å². The molecule has 0 saturated carbocycles. The summed E-state index contributed by atoms with van der Waals surface area (Å²) in [6.45, 7) is 10.8. The zero-order chi connectivity index (χ0) is 14.5. The van der Waals surface area contributed by atoms with Gasteiger partial charge in [-0.15, -0.1) is 0 Å². The van der Waals surface area contributed by atoms with Crippen molar-refractivity contribution in [1.29, 1.82) is 0 Å². The molecule has 1 aromatic heterocycles. The fourth-order valence-corrected chi connectivity index (χ4v) is 3.56. The second kappa shape index (κ2) is 7.23. The van der Waals surface area contributed by atoms with Gasteiger partial charge in [0.15, 0.2) is 0 Å². The number of aromatic nitrogens is 1. The summed E-state index contributed by atoms with van der Waals surface area (Å²) in [5, 5.41) is 0. The fourth-order valence-electron chi connectivity index (χ4n) is 3.56. The van der Waals surface area contributed by atoms with Gasteiger partial charge >= 0.3 is 0 Å². The van der Waals surface area contributed by atoms with Crippen LogP contribution in [0.15, 0.2) is 24.4 Å². The molecule has 0 radical (unpaired) electrons. The highest BCUT2D eigenvalue weighted by molar-refractivity contribution is 5.38. The van der Waals surface area contributed by atoms with Crippen molar-refractivity contribution in [1.82, 2.24) is 14.8 Å².